The molecule has 0 bridgehead atoms. The Morgan fingerprint density at radius 1 is 1.12 bits per heavy atom. The zero-order chi connectivity index (χ0) is 19.1. The molecule has 2 aromatic carbocycles. The molecule has 0 heterocycles. The van der Waals surface area contributed by atoms with Gasteiger partial charge in [0.25, 0.3) is 0 Å². The lowest BCUT2D eigenvalue weighted by Crippen LogP contribution is -2.33. The summed E-state index contributed by atoms with van der Waals surface area (Å²) in [6.45, 7) is -0.0728. The number of halogens is 2. The Bertz CT molecular complexity index is 820. The molecule has 0 saturated carbocycles. The highest BCUT2D eigenvalue weighted by Gasteiger charge is 2.11. The second-order valence-corrected chi connectivity index (χ2v) is 6.29. The van der Waals surface area contributed by atoms with Crippen LogP contribution in [0.5, 0.6) is 5.75 Å². The first-order valence-electron chi connectivity index (χ1n) is 7.71. The van der Waals surface area contributed by atoms with Crippen LogP contribution in [0.15, 0.2) is 48.5 Å². The summed E-state index contributed by atoms with van der Waals surface area (Å²) in [5.74, 6) is 0.0950. The number of ether oxygens (including phenoxy) is 1. The van der Waals surface area contributed by atoms with Crippen LogP contribution in [0.4, 0.5) is 5.69 Å². The summed E-state index contributed by atoms with van der Waals surface area (Å²) in [6, 6.07) is 12.0. The number of methoxy groups -OCH3 is 1. The van der Waals surface area contributed by atoms with Gasteiger partial charge in [-0.25, -0.2) is 0 Å². The Morgan fingerprint density at radius 3 is 2.42 bits per heavy atom. The first-order valence-corrected chi connectivity index (χ1v) is 8.47. The number of hydrogen-bond donors (Lipinski definition) is 1. The van der Waals surface area contributed by atoms with Crippen LogP contribution < -0.4 is 10.1 Å². The topological polar surface area (TPSA) is 58.6 Å². The first-order chi connectivity index (χ1) is 12.4. The van der Waals surface area contributed by atoms with Crippen LogP contribution in [-0.2, 0) is 9.59 Å². The normalized spacial score (nSPS) is 10.6. The Hall–Kier alpha value is -2.50. The predicted octanol–water partition coefficient (Wildman–Crippen LogP) is 4.11. The fourth-order valence-corrected chi connectivity index (χ4v) is 2.39. The average Bonchev–Trinajstić information content (AvgIpc) is 2.62. The number of nitrogens with one attached hydrogen (secondary N) is 1. The molecular formula is C19H18Cl2N2O3. The average molecular weight is 393 g/mol. The minimum absolute atomic E-state index is 0.0728. The number of nitrogens with zero attached hydrogens (tertiary/aromatic N) is 1. The molecule has 0 radical (unpaired) electrons. The van der Waals surface area contributed by atoms with Crippen molar-refractivity contribution in [3.05, 3.63) is 64.1 Å². The Kier molecular flexibility index (Phi) is 7.06. The highest BCUT2D eigenvalue weighted by molar-refractivity contribution is 6.42. The van der Waals surface area contributed by atoms with E-state index >= 15 is 0 Å². The number of carbonyl (C=O) groups excluding carboxylic acids is 2. The van der Waals surface area contributed by atoms with Gasteiger partial charge in [-0.05, 0) is 48.0 Å². The smallest absolute Gasteiger partial charge is 0.246 e. The van der Waals surface area contributed by atoms with Crippen molar-refractivity contribution in [2.24, 2.45) is 0 Å². The molecule has 7 heteroatoms. The summed E-state index contributed by atoms with van der Waals surface area (Å²) < 4.78 is 5.06. The molecule has 136 valence electrons. The predicted molar refractivity (Wildman–Crippen MR) is 105 cm³/mol. The lowest BCUT2D eigenvalue weighted by Gasteiger charge is -2.15. The zero-order valence-electron chi connectivity index (χ0n) is 14.3. The van der Waals surface area contributed by atoms with Gasteiger partial charge in [-0.3, -0.25) is 9.59 Å². The van der Waals surface area contributed by atoms with Crippen molar-refractivity contribution in [1.82, 2.24) is 4.90 Å². The number of likely N-dealkylation sites (N-methyl/N-ethyl adjacent to an activating group) is 1. The largest absolute Gasteiger partial charge is 0.497 e. The fourth-order valence-electron chi connectivity index (χ4n) is 2.08. The van der Waals surface area contributed by atoms with Crippen LogP contribution in [0.2, 0.25) is 10.0 Å². The third kappa shape index (κ3) is 5.79. The van der Waals surface area contributed by atoms with Gasteiger partial charge in [-0.2, -0.15) is 0 Å². The van der Waals surface area contributed by atoms with Crippen molar-refractivity contribution in [3.8, 4) is 5.75 Å². The maximum Gasteiger partial charge on any atom is 0.246 e. The molecule has 0 aliphatic heterocycles. The molecule has 0 saturated heterocycles. The Morgan fingerprint density at radius 2 is 1.81 bits per heavy atom. The lowest BCUT2D eigenvalue weighted by atomic mass is 10.2. The third-order valence-electron chi connectivity index (χ3n) is 3.49. The van der Waals surface area contributed by atoms with Crippen LogP contribution in [0.1, 0.15) is 5.56 Å². The first kappa shape index (κ1) is 19.8. The number of hydrogen-bond acceptors (Lipinski definition) is 3. The van der Waals surface area contributed by atoms with Crippen LogP contribution in [0.3, 0.4) is 0 Å². The van der Waals surface area contributed by atoms with E-state index < -0.39 is 0 Å². The van der Waals surface area contributed by atoms with Crippen molar-refractivity contribution < 1.29 is 14.3 Å². The molecule has 26 heavy (non-hydrogen) atoms. The summed E-state index contributed by atoms with van der Waals surface area (Å²) in [7, 11) is 3.12. The van der Waals surface area contributed by atoms with Gasteiger partial charge < -0.3 is 15.0 Å². The molecule has 2 aromatic rings. The van der Waals surface area contributed by atoms with E-state index in [-0.39, 0.29) is 18.4 Å². The maximum absolute atomic E-state index is 12.1. The number of carbonyl (C=O) groups is 2. The summed E-state index contributed by atoms with van der Waals surface area (Å²) in [5, 5.41) is 3.58. The Labute approximate surface area is 162 Å². The van der Waals surface area contributed by atoms with Crippen molar-refractivity contribution in [2.45, 2.75) is 0 Å². The summed E-state index contributed by atoms with van der Waals surface area (Å²) >= 11 is 11.8. The highest BCUT2D eigenvalue weighted by Crippen LogP contribution is 2.23. The zero-order valence-corrected chi connectivity index (χ0v) is 15.8. The third-order valence-corrected chi connectivity index (χ3v) is 4.23. The van der Waals surface area contributed by atoms with Gasteiger partial charge in [0, 0.05) is 18.8 Å². The van der Waals surface area contributed by atoms with Gasteiger partial charge >= 0.3 is 0 Å². The van der Waals surface area contributed by atoms with Gasteiger partial charge in [0.2, 0.25) is 11.8 Å². The van der Waals surface area contributed by atoms with Crippen molar-refractivity contribution >= 4 is 46.8 Å². The Balaban J connectivity index is 1.89. The molecule has 1 N–H and O–H groups in total. The van der Waals surface area contributed by atoms with E-state index in [9.17, 15) is 9.59 Å². The summed E-state index contributed by atoms with van der Waals surface area (Å²) in [4.78, 5) is 25.5. The van der Waals surface area contributed by atoms with Crippen LogP contribution >= 0.6 is 23.2 Å². The van der Waals surface area contributed by atoms with Crippen molar-refractivity contribution in [1.29, 1.82) is 0 Å². The molecule has 5 nitrogen and oxygen atoms in total. The second-order valence-electron chi connectivity index (χ2n) is 5.48. The SMILES string of the molecule is COc1ccc(NC(=O)CN(C)C(=O)/C=C/c2ccc(Cl)c(Cl)c2)cc1. The number of anilines is 1. The van der Waals surface area contributed by atoms with E-state index in [2.05, 4.69) is 5.32 Å². The summed E-state index contributed by atoms with van der Waals surface area (Å²) in [6.07, 6.45) is 2.99. The van der Waals surface area contributed by atoms with Gasteiger partial charge in [0.05, 0.1) is 23.7 Å². The molecule has 0 unspecified atom stereocenters. The van der Waals surface area contributed by atoms with E-state index in [1.54, 1.807) is 62.7 Å². The van der Waals surface area contributed by atoms with Gasteiger partial charge in [-0.1, -0.05) is 29.3 Å². The molecular weight excluding hydrogens is 375 g/mol. The minimum atomic E-state index is -0.305. The molecule has 0 aliphatic carbocycles. The van der Waals surface area contributed by atoms with Gasteiger partial charge in [-0.15, -0.1) is 0 Å². The molecule has 2 rings (SSSR count). The van der Waals surface area contributed by atoms with Crippen molar-refractivity contribution in [2.75, 3.05) is 26.0 Å². The van der Waals surface area contributed by atoms with Gasteiger partial charge in [0.1, 0.15) is 5.75 Å². The minimum Gasteiger partial charge on any atom is -0.497 e. The standard InChI is InChI=1S/C19H18Cl2N2O3/c1-23(12-18(24)22-14-5-7-15(26-2)8-6-14)19(25)10-4-13-3-9-16(20)17(21)11-13/h3-11H,12H2,1-2H3,(H,22,24)/b10-4+. The highest BCUT2D eigenvalue weighted by atomic mass is 35.5. The molecule has 0 spiro atoms. The summed E-state index contributed by atoms with van der Waals surface area (Å²) in [5.41, 5.74) is 1.37. The maximum atomic E-state index is 12.1. The fraction of sp³-hybridized carbons (Fsp3) is 0.158. The van der Waals surface area contributed by atoms with Crippen LogP contribution in [-0.4, -0.2) is 37.4 Å². The quantitative estimate of drug-likeness (QED) is 0.752. The van der Waals surface area contributed by atoms with Crippen LogP contribution in [0.25, 0.3) is 6.08 Å². The molecule has 0 aromatic heterocycles. The van der Waals surface area contributed by atoms with E-state index in [4.69, 9.17) is 27.9 Å². The molecule has 0 fully saturated rings. The number of benzene rings is 2. The second kappa shape index (κ2) is 9.27. The van der Waals surface area contributed by atoms with E-state index in [1.165, 1.54) is 11.0 Å². The molecule has 0 atom stereocenters. The molecule has 0 aliphatic rings. The van der Waals surface area contributed by atoms with Crippen LogP contribution in [0, 0.1) is 0 Å². The number of rotatable bonds is 6. The number of amides is 2. The van der Waals surface area contributed by atoms with E-state index in [1.807, 2.05) is 0 Å². The van der Waals surface area contributed by atoms with E-state index in [0.717, 1.165) is 5.56 Å². The molecule has 2 amide bonds. The lowest BCUT2D eigenvalue weighted by molar-refractivity contribution is -0.129. The monoisotopic (exact) mass is 392 g/mol. The van der Waals surface area contributed by atoms with Crippen molar-refractivity contribution in [3.63, 3.8) is 0 Å². The van der Waals surface area contributed by atoms with Gasteiger partial charge in [0.15, 0.2) is 0 Å². The van der Waals surface area contributed by atoms with E-state index in [0.29, 0.717) is 21.5 Å².